The van der Waals surface area contributed by atoms with Gasteiger partial charge >= 0.3 is 0 Å². The van der Waals surface area contributed by atoms with Crippen LogP contribution in [-0.2, 0) is 6.42 Å². The maximum atomic E-state index is 3.99. The van der Waals surface area contributed by atoms with Crippen LogP contribution in [0.3, 0.4) is 0 Å². The molecule has 0 aromatic carbocycles. The quantitative estimate of drug-likeness (QED) is 0.542. The molecule has 0 aliphatic rings. The average Bonchev–Trinajstić information content (AvgIpc) is 2.72. The number of rotatable bonds is 4. The highest BCUT2D eigenvalue weighted by Gasteiger charge is 1.87. The Labute approximate surface area is 96.9 Å². The van der Waals surface area contributed by atoms with Gasteiger partial charge in [-0.05, 0) is 13.3 Å². The van der Waals surface area contributed by atoms with Gasteiger partial charge in [-0.3, -0.25) is 4.98 Å². The van der Waals surface area contributed by atoms with Crippen molar-refractivity contribution in [2.75, 3.05) is 0 Å². The second-order valence-corrected chi connectivity index (χ2v) is 4.07. The van der Waals surface area contributed by atoms with Gasteiger partial charge in [0.25, 0.3) is 0 Å². The second-order valence-electron chi connectivity index (χ2n) is 3.10. The molecule has 1 heterocycles. The number of aromatic nitrogens is 1. The number of thiazole rings is 1. The van der Waals surface area contributed by atoms with Crippen LogP contribution in [-0.4, -0.2) is 4.98 Å². The normalized spacial score (nSPS) is 9.47. The van der Waals surface area contributed by atoms with Gasteiger partial charge in [-0.25, -0.2) is 0 Å². The van der Waals surface area contributed by atoms with Crippen LogP contribution in [0.15, 0.2) is 48.7 Å². The lowest BCUT2D eigenvalue weighted by atomic mass is 10.3. The smallest absolute Gasteiger partial charge is 0.0794 e. The van der Waals surface area contributed by atoms with Crippen LogP contribution in [0.2, 0.25) is 0 Å². The molecule has 1 aromatic rings. The first kappa shape index (κ1) is 13.8. The SMILES string of the molecule is C=CC(=C)C.CC/C=C\Cc1cncs1. The summed E-state index contributed by atoms with van der Waals surface area (Å²) in [4.78, 5) is 5.32. The molecule has 15 heavy (non-hydrogen) atoms. The van der Waals surface area contributed by atoms with Gasteiger partial charge in [0.1, 0.15) is 0 Å². The second kappa shape index (κ2) is 9.41. The number of allylic oxidation sites excluding steroid dienone is 4. The van der Waals surface area contributed by atoms with Gasteiger partial charge in [-0.2, -0.15) is 0 Å². The van der Waals surface area contributed by atoms with E-state index in [4.69, 9.17) is 0 Å². The number of hydrogen-bond acceptors (Lipinski definition) is 2. The van der Waals surface area contributed by atoms with Crippen molar-refractivity contribution < 1.29 is 0 Å². The Hall–Kier alpha value is -1.15. The molecule has 1 aromatic heterocycles. The molecule has 1 nitrogen and oxygen atoms in total. The zero-order valence-electron chi connectivity index (χ0n) is 9.57. The van der Waals surface area contributed by atoms with Gasteiger partial charge in [0.15, 0.2) is 0 Å². The van der Waals surface area contributed by atoms with Crippen LogP contribution in [0, 0.1) is 0 Å². The summed E-state index contributed by atoms with van der Waals surface area (Å²) in [7, 11) is 0. The van der Waals surface area contributed by atoms with E-state index >= 15 is 0 Å². The monoisotopic (exact) mass is 221 g/mol. The van der Waals surface area contributed by atoms with E-state index in [2.05, 4.69) is 37.2 Å². The van der Waals surface area contributed by atoms with E-state index < -0.39 is 0 Å². The highest BCUT2D eigenvalue weighted by atomic mass is 32.1. The molecule has 0 atom stereocenters. The van der Waals surface area contributed by atoms with E-state index in [1.807, 2.05) is 18.6 Å². The van der Waals surface area contributed by atoms with E-state index in [0.29, 0.717) is 0 Å². The Bertz CT molecular complexity index is 296. The van der Waals surface area contributed by atoms with Crippen molar-refractivity contribution in [1.29, 1.82) is 0 Å². The summed E-state index contributed by atoms with van der Waals surface area (Å²) in [6, 6.07) is 0. The van der Waals surface area contributed by atoms with Crippen LogP contribution in [0.4, 0.5) is 0 Å². The van der Waals surface area contributed by atoms with Crippen LogP contribution in [0.1, 0.15) is 25.1 Å². The minimum atomic E-state index is 1.02. The Kier molecular flexibility index (Phi) is 8.69. The zero-order valence-corrected chi connectivity index (χ0v) is 10.4. The first-order chi connectivity index (χ1) is 7.20. The van der Waals surface area contributed by atoms with Crippen LogP contribution in [0.5, 0.6) is 0 Å². The molecular formula is C13H19NS. The molecule has 0 radical (unpaired) electrons. The maximum Gasteiger partial charge on any atom is 0.0794 e. The summed E-state index contributed by atoms with van der Waals surface area (Å²) in [6.07, 6.45) is 10.2. The first-order valence-corrected chi connectivity index (χ1v) is 5.89. The number of nitrogens with zero attached hydrogens (tertiary/aromatic N) is 1. The maximum absolute atomic E-state index is 3.99. The molecule has 82 valence electrons. The lowest BCUT2D eigenvalue weighted by Gasteiger charge is -1.83. The fourth-order valence-electron chi connectivity index (χ4n) is 0.709. The molecule has 2 heteroatoms. The van der Waals surface area contributed by atoms with Gasteiger partial charge < -0.3 is 0 Å². The summed E-state index contributed by atoms with van der Waals surface area (Å²) in [6.45, 7) is 11.1. The van der Waals surface area contributed by atoms with Crippen molar-refractivity contribution >= 4 is 11.3 Å². The largest absolute Gasteiger partial charge is 0.253 e. The van der Waals surface area contributed by atoms with E-state index in [0.717, 1.165) is 18.4 Å². The lowest BCUT2D eigenvalue weighted by molar-refractivity contribution is 1.19. The van der Waals surface area contributed by atoms with Crippen molar-refractivity contribution in [2.45, 2.75) is 26.7 Å². The van der Waals surface area contributed by atoms with Crippen molar-refractivity contribution in [3.05, 3.63) is 53.5 Å². The summed E-state index contributed by atoms with van der Waals surface area (Å²) in [5.41, 5.74) is 2.89. The molecule has 0 spiro atoms. The highest BCUT2D eigenvalue weighted by Crippen LogP contribution is 2.06. The molecule has 0 fully saturated rings. The first-order valence-electron chi connectivity index (χ1n) is 5.01. The molecule has 0 aliphatic heterocycles. The fraction of sp³-hybridized carbons (Fsp3) is 0.308. The molecule has 0 bridgehead atoms. The van der Waals surface area contributed by atoms with Crippen LogP contribution >= 0.6 is 11.3 Å². The summed E-state index contributed by atoms with van der Waals surface area (Å²) >= 11 is 1.71. The number of hydrogen-bond donors (Lipinski definition) is 0. The molecule has 0 saturated carbocycles. The Morgan fingerprint density at radius 3 is 2.60 bits per heavy atom. The highest BCUT2D eigenvalue weighted by molar-refractivity contribution is 7.09. The topological polar surface area (TPSA) is 12.9 Å². The Morgan fingerprint density at radius 2 is 2.20 bits per heavy atom. The molecule has 1 rings (SSSR count). The minimum Gasteiger partial charge on any atom is -0.253 e. The zero-order chi connectivity index (χ0) is 11.5. The van der Waals surface area contributed by atoms with Crippen molar-refractivity contribution in [3.8, 4) is 0 Å². The van der Waals surface area contributed by atoms with Crippen LogP contribution in [0.25, 0.3) is 0 Å². The molecule has 0 N–H and O–H groups in total. The van der Waals surface area contributed by atoms with Gasteiger partial charge in [0.2, 0.25) is 0 Å². The molecule has 0 aliphatic carbocycles. The van der Waals surface area contributed by atoms with E-state index in [9.17, 15) is 0 Å². The third kappa shape index (κ3) is 9.16. The third-order valence-corrected chi connectivity index (χ3v) is 2.36. The van der Waals surface area contributed by atoms with E-state index in [-0.39, 0.29) is 0 Å². The fourth-order valence-corrected chi connectivity index (χ4v) is 1.28. The lowest BCUT2D eigenvalue weighted by Crippen LogP contribution is -1.70. The standard InChI is InChI=1S/C8H11NS.C5H8/c1-2-3-4-5-8-6-9-7-10-8;1-4-5(2)3/h3-4,6-7H,2,5H2,1H3;4H,1-2H2,3H3/b4-3-;. The minimum absolute atomic E-state index is 1.02. The summed E-state index contributed by atoms with van der Waals surface area (Å²) in [5, 5.41) is 0. The molecule has 0 amide bonds. The van der Waals surface area contributed by atoms with Gasteiger partial charge in [-0.1, -0.05) is 43.9 Å². The van der Waals surface area contributed by atoms with Crippen LogP contribution < -0.4 is 0 Å². The van der Waals surface area contributed by atoms with Crippen molar-refractivity contribution in [3.63, 3.8) is 0 Å². The average molecular weight is 221 g/mol. The summed E-state index contributed by atoms with van der Waals surface area (Å²) in [5.74, 6) is 0. The molecule has 0 saturated heterocycles. The third-order valence-electron chi connectivity index (χ3n) is 1.55. The Balaban J connectivity index is 0.000000336. The molecule has 0 unspecified atom stereocenters. The predicted molar refractivity (Wildman–Crippen MR) is 70.3 cm³/mol. The van der Waals surface area contributed by atoms with Crippen molar-refractivity contribution in [2.24, 2.45) is 0 Å². The van der Waals surface area contributed by atoms with Gasteiger partial charge in [0, 0.05) is 17.5 Å². The van der Waals surface area contributed by atoms with E-state index in [1.165, 1.54) is 4.88 Å². The van der Waals surface area contributed by atoms with E-state index in [1.54, 1.807) is 17.4 Å². The van der Waals surface area contributed by atoms with Crippen molar-refractivity contribution in [1.82, 2.24) is 4.98 Å². The Morgan fingerprint density at radius 1 is 1.53 bits per heavy atom. The van der Waals surface area contributed by atoms with Gasteiger partial charge in [0.05, 0.1) is 5.51 Å². The predicted octanol–water partition coefficient (Wildman–Crippen LogP) is 4.40. The van der Waals surface area contributed by atoms with Gasteiger partial charge in [-0.15, -0.1) is 11.3 Å². The molecular weight excluding hydrogens is 202 g/mol. The summed E-state index contributed by atoms with van der Waals surface area (Å²) < 4.78 is 0.